The smallest absolute Gasteiger partial charge is 0.348 e. The van der Waals surface area contributed by atoms with Gasteiger partial charge < -0.3 is 10.1 Å². The molecule has 1 amide bonds. The normalized spacial score (nSPS) is 10.1. The number of halogens is 2. The zero-order chi connectivity index (χ0) is 14.5. The molecule has 0 aliphatic carbocycles. The Kier molecular flexibility index (Phi) is 5.00. The Balaban J connectivity index is 1.90. The number of hydrogen-bond donors (Lipinski definition) is 1. The molecule has 0 aliphatic rings. The minimum Gasteiger partial charge on any atom is -0.451 e. The first kappa shape index (κ1) is 14.8. The molecule has 1 aromatic carbocycles. The average molecular weight is 330 g/mol. The van der Waals surface area contributed by atoms with Crippen LogP contribution in [0.15, 0.2) is 35.7 Å². The summed E-state index contributed by atoms with van der Waals surface area (Å²) in [6.45, 7) is -0.389. The summed E-state index contributed by atoms with van der Waals surface area (Å²) in [6.07, 6.45) is 0. The third kappa shape index (κ3) is 3.96. The zero-order valence-electron chi connectivity index (χ0n) is 10.1. The molecule has 20 heavy (non-hydrogen) atoms. The number of benzene rings is 1. The van der Waals surface area contributed by atoms with Crippen molar-refractivity contribution in [3.63, 3.8) is 0 Å². The number of thiophene rings is 1. The van der Waals surface area contributed by atoms with Gasteiger partial charge in [-0.3, -0.25) is 4.79 Å². The maximum Gasteiger partial charge on any atom is 0.348 e. The van der Waals surface area contributed by atoms with Gasteiger partial charge in [-0.2, -0.15) is 0 Å². The van der Waals surface area contributed by atoms with Gasteiger partial charge in [-0.1, -0.05) is 29.3 Å². The fraction of sp³-hybridized carbons (Fsp3) is 0.0769. The highest BCUT2D eigenvalue weighted by Crippen LogP contribution is 2.25. The molecule has 1 N–H and O–H groups in total. The third-order valence-electron chi connectivity index (χ3n) is 2.26. The highest BCUT2D eigenvalue weighted by Gasteiger charge is 2.12. The molecule has 1 heterocycles. The third-order valence-corrected chi connectivity index (χ3v) is 3.67. The second kappa shape index (κ2) is 6.74. The highest BCUT2D eigenvalue weighted by molar-refractivity contribution is 7.11. The molecule has 0 atom stereocenters. The molecule has 0 aliphatic heterocycles. The SMILES string of the molecule is O=C(COC(=O)c1cccs1)Nc1cc(Cl)ccc1Cl. The Morgan fingerprint density at radius 3 is 2.75 bits per heavy atom. The van der Waals surface area contributed by atoms with Crippen molar-refractivity contribution in [2.24, 2.45) is 0 Å². The van der Waals surface area contributed by atoms with Crippen LogP contribution in [0.2, 0.25) is 10.0 Å². The van der Waals surface area contributed by atoms with Crippen LogP contribution in [0.5, 0.6) is 0 Å². The van der Waals surface area contributed by atoms with Crippen LogP contribution in [0.1, 0.15) is 9.67 Å². The largest absolute Gasteiger partial charge is 0.451 e. The van der Waals surface area contributed by atoms with Crippen LogP contribution in [-0.2, 0) is 9.53 Å². The maximum absolute atomic E-state index is 11.7. The van der Waals surface area contributed by atoms with Crippen LogP contribution >= 0.6 is 34.5 Å². The van der Waals surface area contributed by atoms with Gasteiger partial charge in [0, 0.05) is 5.02 Å². The molecule has 0 fully saturated rings. The molecule has 0 unspecified atom stereocenters. The van der Waals surface area contributed by atoms with E-state index in [0.29, 0.717) is 20.6 Å². The van der Waals surface area contributed by atoms with Crippen LogP contribution in [0, 0.1) is 0 Å². The van der Waals surface area contributed by atoms with Gasteiger partial charge in [0.25, 0.3) is 5.91 Å². The number of rotatable bonds is 4. The molecule has 0 spiro atoms. The summed E-state index contributed by atoms with van der Waals surface area (Å²) in [6, 6.07) is 8.04. The van der Waals surface area contributed by atoms with Crippen molar-refractivity contribution >= 4 is 52.1 Å². The second-order valence-corrected chi connectivity index (χ2v) is 5.52. The van der Waals surface area contributed by atoms with Crippen molar-refractivity contribution in [1.82, 2.24) is 0 Å². The topological polar surface area (TPSA) is 55.4 Å². The standard InChI is InChI=1S/C13H9Cl2NO3S/c14-8-3-4-9(15)10(6-8)16-12(17)7-19-13(18)11-2-1-5-20-11/h1-6H,7H2,(H,16,17). The van der Waals surface area contributed by atoms with E-state index in [4.69, 9.17) is 27.9 Å². The van der Waals surface area contributed by atoms with E-state index in [-0.39, 0.29) is 6.61 Å². The quantitative estimate of drug-likeness (QED) is 0.867. The van der Waals surface area contributed by atoms with Crippen LogP contribution in [0.4, 0.5) is 5.69 Å². The number of amides is 1. The lowest BCUT2D eigenvalue weighted by Crippen LogP contribution is -2.20. The van der Waals surface area contributed by atoms with Crippen molar-refractivity contribution in [2.45, 2.75) is 0 Å². The van der Waals surface area contributed by atoms with E-state index < -0.39 is 11.9 Å². The predicted octanol–water partition coefficient (Wildman–Crippen LogP) is 3.85. The summed E-state index contributed by atoms with van der Waals surface area (Å²) in [5, 5.41) is 5.07. The monoisotopic (exact) mass is 329 g/mol. The first-order valence-corrected chi connectivity index (χ1v) is 7.15. The number of esters is 1. The Hall–Kier alpha value is -1.56. The molecule has 0 radical (unpaired) electrons. The van der Waals surface area contributed by atoms with E-state index in [0.717, 1.165) is 0 Å². The summed E-state index contributed by atoms with van der Waals surface area (Å²) in [4.78, 5) is 23.7. The van der Waals surface area contributed by atoms with E-state index in [1.807, 2.05) is 0 Å². The van der Waals surface area contributed by atoms with E-state index in [9.17, 15) is 9.59 Å². The van der Waals surface area contributed by atoms with Gasteiger partial charge in [-0.15, -0.1) is 11.3 Å². The number of ether oxygens (including phenoxy) is 1. The van der Waals surface area contributed by atoms with E-state index in [2.05, 4.69) is 5.32 Å². The number of hydrogen-bond acceptors (Lipinski definition) is 4. The minimum atomic E-state index is -0.535. The lowest BCUT2D eigenvalue weighted by molar-refractivity contribution is -0.119. The van der Waals surface area contributed by atoms with Crippen molar-refractivity contribution in [1.29, 1.82) is 0 Å². The van der Waals surface area contributed by atoms with Gasteiger partial charge in [-0.25, -0.2) is 4.79 Å². The number of carbonyl (C=O) groups is 2. The maximum atomic E-state index is 11.7. The highest BCUT2D eigenvalue weighted by atomic mass is 35.5. The molecule has 0 bridgehead atoms. The molecular formula is C13H9Cl2NO3S. The van der Waals surface area contributed by atoms with E-state index >= 15 is 0 Å². The zero-order valence-corrected chi connectivity index (χ0v) is 12.4. The van der Waals surface area contributed by atoms with E-state index in [1.165, 1.54) is 17.4 Å². The number of nitrogens with one attached hydrogen (secondary N) is 1. The lowest BCUT2D eigenvalue weighted by Gasteiger charge is -2.08. The molecule has 0 saturated heterocycles. The fourth-order valence-corrected chi connectivity index (χ4v) is 2.33. The van der Waals surface area contributed by atoms with Gasteiger partial charge in [0.1, 0.15) is 4.88 Å². The predicted molar refractivity (Wildman–Crippen MR) is 79.7 cm³/mol. The Bertz CT molecular complexity index is 629. The summed E-state index contributed by atoms with van der Waals surface area (Å²) < 4.78 is 4.87. The Labute approximate surface area is 129 Å². The van der Waals surface area contributed by atoms with E-state index in [1.54, 1.807) is 29.6 Å². The van der Waals surface area contributed by atoms with Crippen molar-refractivity contribution < 1.29 is 14.3 Å². The molecule has 7 heteroatoms. The van der Waals surface area contributed by atoms with Crippen LogP contribution in [-0.4, -0.2) is 18.5 Å². The Morgan fingerprint density at radius 2 is 2.05 bits per heavy atom. The molecule has 4 nitrogen and oxygen atoms in total. The molecule has 104 valence electrons. The number of anilines is 1. The Morgan fingerprint density at radius 1 is 1.25 bits per heavy atom. The summed E-state index contributed by atoms with van der Waals surface area (Å²) in [7, 11) is 0. The minimum absolute atomic E-state index is 0.354. The summed E-state index contributed by atoms with van der Waals surface area (Å²) in [5.41, 5.74) is 0.372. The average Bonchev–Trinajstić information content (AvgIpc) is 2.94. The number of carbonyl (C=O) groups excluding carboxylic acids is 2. The molecule has 2 aromatic rings. The van der Waals surface area contributed by atoms with Crippen LogP contribution < -0.4 is 5.32 Å². The van der Waals surface area contributed by atoms with Crippen LogP contribution in [0.25, 0.3) is 0 Å². The first-order chi connectivity index (χ1) is 9.56. The van der Waals surface area contributed by atoms with Crippen LogP contribution in [0.3, 0.4) is 0 Å². The van der Waals surface area contributed by atoms with Gasteiger partial charge in [0.2, 0.25) is 0 Å². The van der Waals surface area contributed by atoms with Gasteiger partial charge in [0.15, 0.2) is 6.61 Å². The van der Waals surface area contributed by atoms with Crippen molar-refractivity contribution in [3.05, 3.63) is 50.6 Å². The van der Waals surface area contributed by atoms with Gasteiger partial charge in [-0.05, 0) is 29.6 Å². The summed E-state index contributed by atoms with van der Waals surface area (Å²) >= 11 is 13.0. The first-order valence-electron chi connectivity index (χ1n) is 5.52. The fourth-order valence-electron chi connectivity index (χ4n) is 1.38. The summed E-state index contributed by atoms with van der Waals surface area (Å²) in [5.74, 6) is -1.02. The van der Waals surface area contributed by atoms with Crippen molar-refractivity contribution in [3.8, 4) is 0 Å². The van der Waals surface area contributed by atoms with Gasteiger partial charge in [0.05, 0.1) is 10.7 Å². The molecule has 0 saturated carbocycles. The van der Waals surface area contributed by atoms with Crippen molar-refractivity contribution in [2.75, 3.05) is 11.9 Å². The van der Waals surface area contributed by atoms with Gasteiger partial charge >= 0.3 is 5.97 Å². The lowest BCUT2D eigenvalue weighted by atomic mass is 10.3. The second-order valence-electron chi connectivity index (χ2n) is 3.73. The molecule has 1 aromatic heterocycles. The molecule has 2 rings (SSSR count). The molecular weight excluding hydrogens is 321 g/mol.